The highest BCUT2D eigenvalue weighted by Crippen LogP contribution is 2.49. The second kappa shape index (κ2) is 7.55. The Balaban J connectivity index is 1.42. The van der Waals surface area contributed by atoms with Gasteiger partial charge in [0.25, 0.3) is 0 Å². The third-order valence-corrected chi connectivity index (χ3v) is 6.08. The Kier molecular flexibility index (Phi) is 4.48. The Bertz CT molecular complexity index is 1400. The van der Waals surface area contributed by atoms with Crippen LogP contribution in [0, 0.1) is 0 Å². The summed E-state index contributed by atoms with van der Waals surface area (Å²) in [6.45, 7) is 0.156. The van der Waals surface area contributed by atoms with E-state index >= 15 is 0 Å². The number of benzene rings is 3. The summed E-state index contributed by atoms with van der Waals surface area (Å²) in [7, 11) is 1.46. The Morgan fingerprint density at radius 1 is 0.971 bits per heavy atom. The second-order valence-corrected chi connectivity index (χ2v) is 8.07. The smallest absolute Gasteiger partial charge is 0.312 e. The predicted octanol–water partition coefficient (Wildman–Crippen LogP) is 4.19. The molecule has 3 aromatic rings. The van der Waals surface area contributed by atoms with E-state index < -0.39 is 11.9 Å². The van der Waals surface area contributed by atoms with Gasteiger partial charge in [0.15, 0.2) is 28.8 Å². The molecule has 3 heterocycles. The van der Waals surface area contributed by atoms with E-state index in [2.05, 4.69) is 0 Å². The van der Waals surface area contributed by atoms with E-state index in [4.69, 9.17) is 23.7 Å². The van der Waals surface area contributed by atoms with Crippen molar-refractivity contribution < 1.29 is 38.4 Å². The normalized spacial score (nSPS) is 18.9. The summed E-state index contributed by atoms with van der Waals surface area (Å²) in [6.07, 6.45) is 1.67. The molecule has 6 rings (SSSR count). The lowest BCUT2D eigenvalue weighted by atomic mass is 9.84. The standard InChI is InChI=1S/C26H18O8/c1-30-18-6-3-14(10-17(18)27)16-11-23(28)33-20-7-4-15-25(29)22(34-26(15)24(16)20)9-13-2-5-19-21(8-13)32-12-31-19/h2-10,16,27H,11-12H2,1H3/b22-9-/t16-/m0/s1. The predicted molar refractivity (Wildman–Crippen MR) is 119 cm³/mol. The van der Waals surface area contributed by atoms with E-state index in [-0.39, 0.29) is 30.5 Å². The minimum Gasteiger partial charge on any atom is -0.504 e. The fourth-order valence-corrected chi connectivity index (χ4v) is 4.47. The van der Waals surface area contributed by atoms with Crippen molar-refractivity contribution in [1.82, 2.24) is 0 Å². The van der Waals surface area contributed by atoms with E-state index in [1.54, 1.807) is 54.6 Å². The molecule has 170 valence electrons. The van der Waals surface area contributed by atoms with Crippen LogP contribution in [-0.2, 0) is 4.79 Å². The summed E-state index contributed by atoms with van der Waals surface area (Å²) < 4.78 is 27.4. The second-order valence-electron chi connectivity index (χ2n) is 8.07. The maximum atomic E-state index is 13.2. The number of methoxy groups -OCH3 is 1. The molecule has 1 atom stereocenters. The van der Waals surface area contributed by atoms with Crippen LogP contribution in [0.2, 0.25) is 0 Å². The third kappa shape index (κ3) is 3.14. The van der Waals surface area contributed by atoms with Gasteiger partial charge in [-0.05, 0) is 53.6 Å². The first-order valence-corrected chi connectivity index (χ1v) is 10.6. The Hall–Kier alpha value is -4.46. The van der Waals surface area contributed by atoms with Crippen molar-refractivity contribution in [2.24, 2.45) is 0 Å². The van der Waals surface area contributed by atoms with Gasteiger partial charge >= 0.3 is 5.97 Å². The van der Waals surface area contributed by atoms with Gasteiger partial charge in [-0.1, -0.05) is 12.1 Å². The highest BCUT2D eigenvalue weighted by atomic mass is 16.7. The Morgan fingerprint density at radius 3 is 2.62 bits per heavy atom. The van der Waals surface area contributed by atoms with Crippen LogP contribution in [0.1, 0.15) is 39.4 Å². The molecule has 0 saturated heterocycles. The first-order chi connectivity index (χ1) is 16.5. The largest absolute Gasteiger partial charge is 0.504 e. The average Bonchev–Trinajstić information content (AvgIpc) is 3.42. The molecule has 34 heavy (non-hydrogen) atoms. The third-order valence-electron chi connectivity index (χ3n) is 6.08. The van der Waals surface area contributed by atoms with Gasteiger partial charge in [0.1, 0.15) is 11.5 Å². The Labute approximate surface area is 193 Å². The van der Waals surface area contributed by atoms with Crippen LogP contribution < -0.4 is 23.7 Å². The SMILES string of the molecule is COc1ccc([C@@H]2CC(=O)Oc3ccc4c(c32)O/C(=C\c2ccc3c(c2)OCO3)C4=O)cc1O. The van der Waals surface area contributed by atoms with E-state index in [9.17, 15) is 14.7 Å². The lowest BCUT2D eigenvalue weighted by Crippen LogP contribution is -2.21. The number of allylic oxidation sites excluding steroid dienone is 1. The molecule has 8 heteroatoms. The zero-order valence-corrected chi connectivity index (χ0v) is 18.0. The molecule has 0 amide bonds. The fraction of sp³-hybridized carbons (Fsp3) is 0.154. The number of fused-ring (bicyclic) bond motifs is 4. The molecular formula is C26H18O8. The van der Waals surface area contributed by atoms with E-state index in [0.717, 1.165) is 5.56 Å². The van der Waals surface area contributed by atoms with Gasteiger partial charge in [0, 0.05) is 11.5 Å². The van der Waals surface area contributed by atoms with Crippen LogP contribution >= 0.6 is 0 Å². The topological polar surface area (TPSA) is 101 Å². The number of ether oxygens (including phenoxy) is 5. The fourth-order valence-electron chi connectivity index (χ4n) is 4.47. The summed E-state index contributed by atoms with van der Waals surface area (Å²) in [5.41, 5.74) is 2.36. The van der Waals surface area contributed by atoms with Gasteiger partial charge in [0.2, 0.25) is 12.6 Å². The summed E-state index contributed by atoms with van der Waals surface area (Å²) >= 11 is 0. The number of hydrogen-bond acceptors (Lipinski definition) is 8. The number of rotatable bonds is 3. The molecule has 0 spiro atoms. The van der Waals surface area contributed by atoms with Crippen molar-refractivity contribution in [2.45, 2.75) is 12.3 Å². The van der Waals surface area contributed by atoms with E-state index in [1.165, 1.54) is 7.11 Å². The monoisotopic (exact) mass is 458 g/mol. The maximum Gasteiger partial charge on any atom is 0.312 e. The van der Waals surface area contributed by atoms with E-state index in [1.807, 2.05) is 0 Å². The van der Waals surface area contributed by atoms with Crippen LogP contribution in [0.25, 0.3) is 6.08 Å². The first kappa shape index (κ1) is 20.2. The molecule has 0 aromatic heterocycles. The van der Waals surface area contributed by atoms with Crippen molar-refractivity contribution in [2.75, 3.05) is 13.9 Å². The lowest BCUT2D eigenvalue weighted by Gasteiger charge is -2.26. The van der Waals surface area contributed by atoms with Crippen LogP contribution in [0.15, 0.2) is 54.3 Å². The van der Waals surface area contributed by atoms with Crippen molar-refractivity contribution in [3.05, 3.63) is 76.5 Å². The number of carbonyl (C=O) groups is 2. The molecule has 3 aromatic carbocycles. The lowest BCUT2D eigenvalue weighted by molar-refractivity contribution is -0.135. The van der Waals surface area contributed by atoms with Gasteiger partial charge in [0.05, 0.1) is 19.1 Å². The molecule has 3 aliphatic rings. The van der Waals surface area contributed by atoms with Gasteiger partial charge in [-0.3, -0.25) is 9.59 Å². The number of carbonyl (C=O) groups excluding carboxylic acids is 2. The van der Waals surface area contributed by atoms with Crippen LogP contribution in [-0.4, -0.2) is 30.8 Å². The molecule has 3 aliphatic heterocycles. The minimum absolute atomic E-state index is 0.0357. The van der Waals surface area contributed by atoms with Crippen molar-refractivity contribution in [3.8, 4) is 34.5 Å². The highest BCUT2D eigenvalue weighted by molar-refractivity contribution is 6.15. The van der Waals surface area contributed by atoms with E-state index in [0.29, 0.717) is 45.4 Å². The molecule has 8 nitrogen and oxygen atoms in total. The number of hydrogen-bond donors (Lipinski definition) is 1. The first-order valence-electron chi connectivity index (χ1n) is 10.6. The number of phenolic OH excluding ortho intramolecular Hbond substituents is 1. The Morgan fingerprint density at radius 2 is 1.79 bits per heavy atom. The number of aromatic hydroxyl groups is 1. The molecule has 0 bridgehead atoms. The molecule has 0 radical (unpaired) electrons. The zero-order valence-electron chi connectivity index (χ0n) is 18.0. The molecule has 0 aliphatic carbocycles. The van der Waals surface area contributed by atoms with Crippen LogP contribution in [0.3, 0.4) is 0 Å². The van der Waals surface area contributed by atoms with Crippen molar-refractivity contribution in [1.29, 1.82) is 0 Å². The minimum atomic E-state index is -0.472. The summed E-state index contributed by atoms with van der Waals surface area (Å²) in [6, 6.07) is 13.5. The summed E-state index contributed by atoms with van der Waals surface area (Å²) in [5.74, 6) is 1.18. The quantitative estimate of drug-likeness (QED) is 0.354. The van der Waals surface area contributed by atoms with Gasteiger partial charge in [-0.2, -0.15) is 0 Å². The van der Waals surface area contributed by atoms with Gasteiger partial charge < -0.3 is 28.8 Å². The molecule has 0 saturated carbocycles. The molecule has 0 unspecified atom stereocenters. The highest BCUT2D eigenvalue weighted by Gasteiger charge is 2.38. The van der Waals surface area contributed by atoms with Gasteiger partial charge in [-0.25, -0.2) is 0 Å². The molecule has 0 fully saturated rings. The average molecular weight is 458 g/mol. The van der Waals surface area contributed by atoms with Crippen LogP contribution in [0.5, 0.6) is 34.5 Å². The van der Waals surface area contributed by atoms with Crippen molar-refractivity contribution >= 4 is 17.8 Å². The molecule has 1 N–H and O–H groups in total. The van der Waals surface area contributed by atoms with Gasteiger partial charge in [-0.15, -0.1) is 0 Å². The van der Waals surface area contributed by atoms with Crippen LogP contribution in [0.4, 0.5) is 0 Å². The number of ketones is 1. The van der Waals surface area contributed by atoms with Crippen molar-refractivity contribution in [3.63, 3.8) is 0 Å². The zero-order chi connectivity index (χ0) is 23.4. The number of esters is 1. The molecular weight excluding hydrogens is 440 g/mol. The number of phenols is 1. The number of Topliss-reactive ketones (excluding diaryl/α,β-unsaturated/α-hetero) is 1. The summed E-state index contributed by atoms with van der Waals surface area (Å²) in [4.78, 5) is 25.5. The maximum absolute atomic E-state index is 13.2. The summed E-state index contributed by atoms with van der Waals surface area (Å²) in [5, 5.41) is 10.3.